The first-order valence-corrected chi connectivity index (χ1v) is 18.2. The lowest BCUT2D eigenvalue weighted by Crippen LogP contribution is -2.20. The van der Waals surface area contributed by atoms with E-state index in [2.05, 4.69) is 93.4 Å². The molecule has 4 aromatic heterocycles. The Kier molecular flexibility index (Phi) is 19.9. The molecule has 0 aromatic carbocycles. The Hall–Kier alpha value is -1.29. The lowest BCUT2D eigenvalue weighted by molar-refractivity contribution is -0.155. The van der Waals surface area contributed by atoms with Gasteiger partial charge >= 0.3 is 24.7 Å². The van der Waals surface area contributed by atoms with Gasteiger partial charge in [0.05, 0.1) is 31.1 Å². The zero-order valence-electron chi connectivity index (χ0n) is 23.8. The van der Waals surface area contributed by atoms with E-state index >= 15 is 0 Å². The number of hydrogen-bond donors (Lipinski definition) is 0. The summed E-state index contributed by atoms with van der Waals surface area (Å²) >= 11 is 16.1. The molecule has 8 nitrogen and oxygen atoms in total. The molecular formula is C24H24Br4F12N6O2S3. The van der Waals surface area contributed by atoms with Crippen molar-refractivity contribution in [3.05, 3.63) is 46.4 Å². The highest BCUT2D eigenvalue weighted by atomic mass is 79.9. The van der Waals surface area contributed by atoms with E-state index in [1.807, 2.05) is 0 Å². The number of nitrogens with zero attached hydrogens (tertiary/aromatic N) is 6. The van der Waals surface area contributed by atoms with Gasteiger partial charge in [0.25, 0.3) is 0 Å². The molecule has 0 amide bonds. The van der Waals surface area contributed by atoms with Gasteiger partial charge in [0.1, 0.15) is 0 Å². The smallest absolute Gasteiger partial charge is 0.435 e. The third-order valence-electron chi connectivity index (χ3n) is 4.84. The number of thioether (sulfide) groups is 1. The third-order valence-corrected chi connectivity index (χ3v) is 10.0. The Balaban J connectivity index is 0.000000815. The maximum atomic E-state index is 13.1. The molecule has 0 fully saturated rings. The molecule has 0 atom stereocenters. The van der Waals surface area contributed by atoms with Gasteiger partial charge in [-0.05, 0) is 47.8 Å². The van der Waals surface area contributed by atoms with E-state index in [9.17, 15) is 52.7 Å². The number of alkyl halides is 13. The van der Waals surface area contributed by atoms with Gasteiger partial charge in [-0.2, -0.15) is 62.9 Å². The molecule has 0 aliphatic rings. The summed E-state index contributed by atoms with van der Waals surface area (Å²) in [5, 5.41) is 6.07. The first-order valence-electron chi connectivity index (χ1n) is 12.0. The second kappa shape index (κ2) is 20.4. The van der Waals surface area contributed by atoms with Gasteiger partial charge in [-0.25, -0.2) is 19.3 Å². The first-order chi connectivity index (χ1) is 22.3. The molecule has 0 spiro atoms. The fraction of sp³-hybridized carbons (Fsp3) is 0.500. The van der Waals surface area contributed by atoms with Gasteiger partial charge in [0, 0.05) is 25.2 Å². The van der Waals surface area contributed by atoms with Crippen LogP contribution < -0.4 is 9.47 Å². The van der Waals surface area contributed by atoms with Gasteiger partial charge in [-0.1, -0.05) is 42.5 Å². The highest BCUT2D eigenvalue weighted by Gasteiger charge is 2.41. The summed E-state index contributed by atoms with van der Waals surface area (Å²) in [7, 11) is 2.17. The number of ether oxygens (including phenoxy) is 2. The van der Waals surface area contributed by atoms with Crippen LogP contribution in [0.15, 0.2) is 28.2 Å². The van der Waals surface area contributed by atoms with Crippen LogP contribution in [0.2, 0.25) is 0 Å². The SMILES string of the molecule is Brc1cnc(Br)s1.C.C.Cn1nc(C(F)(F)F)c(CBr)c1OCC(F)(F)F.Cn1nc(C(F)(F)F)c(CSc2ncc(Br)s2)c1OCC(F)(F)F. The highest BCUT2D eigenvalue weighted by Crippen LogP contribution is 2.40. The normalized spacial score (nSPS) is 11.8. The van der Waals surface area contributed by atoms with Crippen molar-refractivity contribution in [2.24, 2.45) is 14.1 Å². The molecule has 0 saturated heterocycles. The van der Waals surface area contributed by atoms with Gasteiger partial charge in [-0.15, -0.1) is 22.7 Å². The third kappa shape index (κ3) is 16.7. The zero-order valence-corrected chi connectivity index (χ0v) is 32.5. The van der Waals surface area contributed by atoms with Crippen molar-refractivity contribution >= 4 is 98.2 Å². The van der Waals surface area contributed by atoms with E-state index < -0.39 is 72.2 Å². The van der Waals surface area contributed by atoms with Crippen molar-refractivity contribution in [3.63, 3.8) is 0 Å². The molecule has 0 radical (unpaired) electrons. The molecule has 4 heterocycles. The summed E-state index contributed by atoms with van der Waals surface area (Å²) in [6.45, 7) is -3.38. The van der Waals surface area contributed by atoms with Crippen LogP contribution in [0.5, 0.6) is 11.8 Å². The van der Waals surface area contributed by atoms with E-state index in [1.54, 1.807) is 17.5 Å². The molecule has 0 aliphatic heterocycles. The molecule has 292 valence electrons. The van der Waals surface area contributed by atoms with Crippen molar-refractivity contribution in [1.29, 1.82) is 0 Å². The van der Waals surface area contributed by atoms with E-state index in [4.69, 9.17) is 0 Å². The van der Waals surface area contributed by atoms with Crippen molar-refractivity contribution in [2.45, 2.75) is 55.0 Å². The maximum Gasteiger partial charge on any atom is 0.435 e. The highest BCUT2D eigenvalue weighted by molar-refractivity contribution is 9.12. The largest absolute Gasteiger partial charge is 0.468 e. The molecule has 0 aliphatic carbocycles. The second-order valence-corrected chi connectivity index (χ2v) is 16.5. The number of thiazole rings is 2. The van der Waals surface area contributed by atoms with Crippen molar-refractivity contribution in [2.75, 3.05) is 13.2 Å². The average molecular weight is 1070 g/mol. The van der Waals surface area contributed by atoms with Crippen LogP contribution in [0.25, 0.3) is 0 Å². The minimum Gasteiger partial charge on any atom is -0.468 e. The van der Waals surface area contributed by atoms with Crippen LogP contribution in [0.1, 0.15) is 37.4 Å². The summed E-state index contributed by atoms with van der Waals surface area (Å²) in [6.07, 6.45) is -15.6. The molecular weight excluding hydrogens is 1050 g/mol. The van der Waals surface area contributed by atoms with Crippen LogP contribution in [0, 0.1) is 0 Å². The fourth-order valence-corrected chi connectivity index (χ4v) is 8.46. The van der Waals surface area contributed by atoms with Gasteiger partial charge < -0.3 is 9.47 Å². The maximum absolute atomic E-state index is 13.1. The summed E-state index contributed by atoms with van der Waals surface area (Å²) in [5.74, 6) is -1.41. The van der Waals surface area contributed by atoms with Crippen molar-refractivity contribution in [1.82, 2.24) is 29.5 Å². The molecule has 0 unspecified atom stereocenters. The van der Waals surface area contributed by atoms with Crippen molar-refractivity contribution in [3.8, 4) is 11.8 Å². The van der Waals surface area contributed by atoms with Gasteiger partial charge in [0.2, 0.25) is 11.8 Å². The molecule has 51 heavy (non-hydrogen) atoms. The number of aryl methyl sites for hydroxylation is 2. The molecule has 0 saturated carbocycles. The van der Waals surface area contributed by atoms with Gasteiger partial charge in [0.15, 0.2) is 32.9 Å². The lowest BCUT2D eigenvalue weighted by atomic mass is 10.2. The number of halogens is 16. The van der Waals surface area contributed by atoms with E-state index in [0.29, 0.717) is 17.5 Å². The summed E-state index contributed by atoms with van der Waals surface area (Å²) < 4.78 is 163. The predicted molar refractivity (Wildman–Crippen MR) is 183 cm³/mol. The monoisotopic (exact) mass is 1070 g/mol. The molecule has 27 heteroatoms. The summed E-state index contributed by atoms with van der Waals surface area (Å²) in [4.78, 5) is 7.85. The van der Waals surface area contributed by atoms with Crippen LogP contribution in [0.4, 0.5) is 52.7 Å². The number of aromatic nitrogens is 6. The Bertz CT molecular complexity index is 1640. The van der Waals surface area contributed by atoms with E-state index in [0.717, 1.165) is 33.6 Å². The van der Waals surface area contributed by atoms with Crippen LogP contribution in [-0.2, 0) is 37.5 Å². The minimum absolute atomic E-state index is 0. The quantitative estimate of drug-likeness (QED) is 0.0988. The van der Waals surface area contributed by atoms with Crippen LogP contribution >= 0.6 is 98.2 Å². The molecule has 0 bridgehead atoms. The van der Waals surface area contributed by atoms with Crippen molar-refractivity contribution < 1.29 is 62.2 Å². The number of hydrogen-bond acceptors (Lipinski definition) is 9. The zero-order chi connectivity index (χ0) is 37.5. The molecule has 4 rings (SSSR count). The lowest BCUT2D eigenvalue weighted by Gasteiger charge is -2.11. The Morgan fingerprint density at radius 3 is 1.41 bits per heavy atom. The standard InChI is InChI=1S/C11H8BrF6N3OS2.C8H7BrF6N2O.C3HBr2NS.2CH4/c1-21-8(22-4-10(13,14)15)5(7(20-21)11(16,17)18)3-23-9-19-2-6(12)24-9;1-17-6(18-3-7(10,11)12)4(2-9)5(16-17)8(13,14)15;4-2-1-6-3(5)7-2;;/h2H,3-4H2,1H3;2-3H2,1H3;1H;2*1H4. The Morgan fingerprint density at radius 1 is 0.686 bits per heavy atom. The Morgan fingerprint density at radius 2 is 1.10 bits per heavy atom. The first kappa shape index (κ1) is 49.7. The summed E-state index contributed by atoms with van der Waals surface area (Å²) in [5.41, 5.74) is -3.45. The van der Waals surface area contributed by atoms with E-state index in [-0.39, 0.29) is 25.9 Å². The average Bonchev–Trinajstić information content (AvgIpc) is 3.70. The van der Waals surface area contributed by atoms with Gasteiger partial charge in [-0.3, -0.25) is 0 Å². The van der Waals surface area contributed by atoms with Crippen LogP contribution in [-0.4, -0.2) is 55.1 Å². The second-order valence-electron chi connectivity index (χ2n) is 8.58. The Labute approximate surface area is 328 Å². The predicted octanol–water partition coefficient (Wildman–Crippen LogP) is 12.1. The topological polar surface area (TPSA) is 79.9 Å². The fourth-order valence-electron chi connectivity index (χ4n) is 3.15. The minimum atomic E-state index is -4.81. The number of rotatable bonds is 8. The van der Waals surface area contributed by atoms with Crippen LogP contribution in [0.3, 0.4) is 0 Å². The summed E-state index contributed by atoms with van der Waals surface area (Å²) in [6, 6.07) is 0. The van der Waals surface area contributed by atoms with E-state index in [1.165, 1.54) is 17.5 Å². The molecule has 4 aromatic rings. The molecule has 0 N–H and O–H groups in total.